The predicted molar refractivity (Wildman–Crippen MR) is 92.8 cm³/mol. The Morgan fingerprint density at radius 3 is 2.56 bits per heavy atom. The van der Waals surface area contributed by atoms with Crippen molar-refractivity contribution in [3.63, 3.8) is 0 Å². The minimum absolute atomic E-state index is 0.108. The fraction of sp³-hybridized carbons (Fsp3) is 0.188. The Morgan fingerprint density at radius 2 is 1.96 bits per heavy atom. The number of hydrogen-bond donors (Lipinski definition) is 2. The van der Waals surface area contributed by atoms with Crippen molar-refractivity contribution in [2.75, 3.05) is 12.4 Å². The van der Waals surface area contributed by atoms with Gasteiger partial charge in [0.25, 0.3) is 0 Å². The van der Waals surface area contributed by atoms with E-state index < -0.39 is 27.8 Å². The molecule has 0 fully saturated rings. The molecular weight excluding hydrogens is 371 g/mol. The molecule has 1 atom stereocenters. The van der Waals surface area contributed by atoms with Gasteiger partial charge in [-0.2, -0.15) is 4.72 Å². The number of sulfonamides is 1. The van der Waals surface area contributed by atoms with E-state index in [0.29, 0.717) is 5.75 Å². The fourth-order valence-electron chi connectivity index (χ4n) is 1.99. The minimum Gasteiger partial charge on any atom is -0.495 e. The van der Waals surface area contributed by atoms with Crippen molar-refractivity contribution in [2.24, 2.45) is 0 Å². The number of methoxy groups -OCH3 is 1. The average molecular weight is 387 g/mol. The summed E-state index contributed by atoms with van der Waals surface area (Å²) in [5, 5.41) is 2.56. The number of amides is 1. The molecule has 2 N–H and O–H groups in total. The van der Waals surface area contributed by atoms with Gasteiger partial charge in [-0.3, -0.25) is 4.79 Å². The maximum Gasteiger partial charge on any atom is 0.242 e. The summed E-state index contributed by atoms with van der Waals surface area (Å²) >= 11 is 5.92. The number of ether oxygens (including phenoxy) is 1. The highest BCUT2D eigenvalue weighted by Crippen LogP contribution is 2.26. The molecule has 134 valence electrons. The zero-order valence-corrected chi connectivity index (χ0v) is 15.0. The van der Waals surface area contributed by atoms with Crippen molar-refractivity contribution in [3.05, 3.63) is 53.3 Å². The minimum atomic E-state index is -3.98. The first-order valence-electron chi connectivity index (χ1n) is 7.15. The number of carbonyl (C=O) groups excluding carboxylic acids is 1. The van der Waals surface area contributed by atoms with Crippen LogP contribution >= 0.6 is 11.6 Å². The molecule has 0 saturated heterocycles. The number of benzene rings is 2. The summed E-state index contributed by atoms with van der Waals surface area (Å²) in [6, 6.07) is 8.13. The molecule has 0 unspecified atom stereocenters. The van der Waals surface area contributed by atoms with Gasteiger partial charge in [-0.05, 0) is 43.3 Å². The average Bonchev–Trinajstić information content (AvgIpc) is 2.54. The monoisotopic (exact) mass is 386 g/mol. The van der Waals surface area contributed by atoms with E-state index in [0.717, 1.165) is 6.07 Å². The van der Waals surface area contributed by atoms with Gasteiger partial charge in [-0.1, -0.05) is 17.7 Å². The van der Waals surface area contributed by atoms with Crippen molar-refractivity contribution in [1.29, 1.82) is 0 Å². The van der Waals surface area contributed by atoms with E-state index in [4.69, 9.17) is 16.3 Å². The van der Waals surface area contributed by atoms with Gasteiger partial charge in [0.05, 0.1) is 23.1 Å². The van der Waals surface area contributed by atoms with Crippen LogP contribution in [0.15, 0.2) is 47.4 Å². The van der Waals surface area contributed by atoms with E-state index in [1.165, 1.54) is 50.4 Å². The largest absolute Gasteiger partial charge is 0.495 e. The maximum atomic E-state index is 13.1. The summed E-state index contributed by atoms with van der Waals surface area (Å²) in [6.07, 6.45) is 0. The van der Waals surface area contributed by atoms with Crippen molar-refractivity contribution < 1.29 is 22.3 Å². The number of carbonyl (C=O) groups is 1. The summed E-state index contributed by atoms with van der Waals surface area (Å²) in [5.74, 6) is -0.815. The van der Waals surface area contributed by atoms with Crippen LogP contribution in [0.25, 0.3) is 0 Å². The van der Waals surface area contributed by atoms with Crippen LogP contribution in [0.2, 0.25) is 5.02 Å². The van der Waals surface area contributed by atoms with Crippen LogP contribution in [-0.2, 0) is 14.8 Å². The van der Waals surface area contributed by atoms with Gasteiger partial charge in [-0.25, -0.2) is 12.8 Å². The van der Waals surface area contributed by atoms with Crippen LogP contribution in [-0.4, -0.2) is 27.5 Å². The van der Waals surface area contributed by atoms with Crippen molar-refractivity contribution in [3.8, 4) is 5.75 Å². The summed E-state index contributed by atoms with van der Waals surface area (Å²) < 4.78 is 45.0. The van der Waals surface area contributed by atoms with Crippen LogP contribution in [0, 0.1) is 5.82 Å². The Labute approximate surface area is 150 Å². The quantitative estimate of drug-likeness (QED) is 0.799. The number of rotatable bonds is 6. The second kappa shape index (κ2) is 7.81. The van der Waals surface area contributed by atoms with Crippen LogP contribution in [0.3, 0.4) is 0 Å². The second-order valence-corrected chi connectivity index (χ2v) is 7.26. The van der Waals surface area contributed by atoms with Crippen molar-refractivity contribution >= 4 is 33.2 Å². The van der Waals surface area contributed by atoms with Gasteiger partial charge < -0.3 is 10.1 Å². The molecule has 0 aliphatic carbocycles. The Hall–Kier alpha value is -2.16. The molecule has 6 nitrogen and oxygen atoms in total. The van der Waals surface area contributed by atoms with Gasteiger partial charge >= 0.3 is 0 Å². The van der Waals surface area contributed by atoms with Gasteiger partial charge in [0, 0.05) is 5.69 Å². The van der Waals surface area contributed by atoms with Crippen LogP contribution < -0.4 is 14.8 Å². The Balaban J connectivity index is 2.11. The molecule has 0 aromatic heterocycles. The zero-order chi connectivity index (χ0) is 18.6. The third-order valence-corrected chi connectivity index (χ3v) is 5.08. The molecule has 0 heterocycles. The van der Waals surface area contributed by atoms with Gasteiger partial charge in [-0.15, -0.1) is 0 Å². The molecule has 2 rings (SSSR count). The molecule has 25 heavy (non-hydrogen) atoms. The lowest BCUT2D eigenvalue weighted by atomic mass is 10.3. The molecular formula is C16H16ClFN2O4S. The molecule has 0 bridgehead atoms. The molecule has 2 aromatic carbocycles. The highest BCUT2D eigenvalue weighted by Gasteiger charge is 2.23. The second-order valence-electron chi connectivity index (χ2n) is 5.14. The van der Waals surface area contributed by atoms with E-state index in [1.54, 1.807) is 0 Å². The van der Waals surface area contributed by atoms with Gasteiger partial charge in [0.15, 0.2) is 0 Å². The molecule has 9 heteroatoms. The molecule has 2 aromatic rings. The summed E-state index contributed by atoms with van der Waals surface area (Å²) in [6.45, 7) is 1.37. The van der Waals surface area contributed by atoms with Crippen LogP contribution in [0.4, 0.5) is 10.1 Å². The first-order valence-corrected chi connectivity index (χ1v) is 9.01. The highest BCUT2D eigenvalue weighted by atomic mass is 35.5. The lowest BCUT2D eigenvalue weighted by molar-refractivity contribution is -0.117. The highest BCUT2D eigenvalue weighted by molar-refractivity contribution is 7.89. The molecule has 0 radical (unpaired) electrons. The first-order chi connectivity index (χ1) is 11.7. The Bertz CT molecular complexity index is 889. The third kappa shape index (κ3) is 4.91. The van der Waals surface area contributed by atoms with Crippen molar-refractivity contribution in [2.45, 2.75) is 17.9 Å². The Kier molecular flexibility index (Phi) is 5.99. The van der Waals surface area contributed by atoms with E-state index in [2.05, 4.69) is 10.0 Å². The zero-order valence-electron chi connectivity index (χ0n) is 13.4. The number of nitrogens with one attached hydrogen (secondary N) is 2. The lowest BCUT2D eigenvalue weighted by Gasteiger charge is -2.15. The molecule has 0 aliphatic rings. The summed E-state index contributed by atoms with van der Waals surface area (Å²) in [4.78, 5) is 12.0. The standard InChI is InChI=1S/C16H16ClFN2O4S/c1-10(16(21)19-12-5-3-4-11(18)8-12)20-25(22,23)13-6-7-15(24-2)14(17)9-13/h3-10,20H,1-2H3,(H,19,21)/t10-/m1/s1. The normalized spacial score (nSPS) is 12.5. The van der Waals surface area contributed by atoms with Gasteiger partial charge in [0.1, 0.15) is 11.6 Å². The summed E-state index contributed by atoms with van der Waals surface area (Å²) in [5.41, 5.74) is 0.225. The predicted octanol–water partition coefficient (Wildman–Crippen LogP) is 2.79. The molecule has 1 amide bonds. The number of anilines is 1. The van der Waals surface area contributed by atoms with E-state index in [9.17, 15) is 17.6 Å². The van der Waals surface area contributed by atoms with E-state index >= 15 is 0 Å². The van der Waals surface area contributed by atoms with Crippen LogP contribution in [0.1, 0.15) is 6.92 Å². The van der Waals surface area contributed by atoms with E-state index in [-0.39, 0.29) is 15.6 Å². The smallest absolute Gasteiger partial charge is 0.242 e. The first kappa shape index (κ1) is 19.2. The SMILES string of the molecule is COc1ccc(S(=O)(=O)N[C@H](C)C(=O)Nc2cccc(F)c2)cc1Cl. The molecule has 0 spiro atoms. The van der Waals surface area contributed by atoms with Crippen molar-refractivity contribution in [1.82, 2.24) is 4.72 Å². The van der Waals surface area contributed by atoms with Crippen LogP contribution in [0.5, 0.6) is 5.75 Å². The van der Waals surface area contributed by atoms with Gasteiger partial charge in [0.2, 0.25) is 15.9 Å². The third-order valence-electron chi connectivity index (χ3n) is 3.25. The number of hydrogen-bond acceptors (Lipinski definition) is 4. The number of halogens is 2. The summed E-state index contributed by atoms with van der Waals surface area (Å²) in [7, 11) is -2.57. The topological polar surface area (TPSA) is 84.5 Å². The molecule has 0 aliphatic heterocycles. The fourth-order valence-corrected chi connectivity index (χ4v) is 3.54. The maximum absolute atomic E-state index is 13.1. The molecule has 0 saturated carbocycles. The van der Waals surface area contributed by atoms with E-state index in [1.807, 2.05) is 0 Å². The lowest BCUT2D eigenvalue weighted by Crippen LogP contribution is -2.41. The Morgan fingerprint density at radius 1 is 1.24 bits per heavy atom.